The SMILES string of the molecule is ON1CCCCCO1. The van der Waals surface area contributed by atoms with Gasteiger partial charge in [-0.1, -0.05) is 5.23 Å². The van der Waals surface area contributed by atoms with Crippen LogP contribution in [0.4, 0.5) is 0 Å². The maximum Gasteiger partial charge on any atom is 0.0711 e. The maximum absolute atomic E-state index is 8.70. The fourth-order valence-electron chi connectivity index (χ4n) is 0.760. The average molecular weight is 117 g/mol. The van der Waals surface area contributed by atoms with Gasteiger partial charge in [-0.15, -0.1) is 0 Å². The van der Waals surface area contributed by atoms with Crippen molar-refractivity contribution in [1.82, 2.24) is 5.23 Å². The van der Waals surface area contributed by atoms with Gasteiger partial charge in [-0.05, 0) is 19.3 Å². The van der Waals surface area contributed by atoms with E-state index in [0.717, 1.165) is 24.5 Å². The van der Waals surface area contributed by atoms with E-state index in [9.17, 15) is 0 Å². The van der Waals surface area contributed by atoms with Crippen molar-refractivity contribution in [2.24, 2.45) is 0 Å². The first-order valence-electron chi connectivity index (χ1n) is 2.99. The molecule has 0 aromatic rings. The Bertz CT molecular complexity index is 59.4. The van der Waals surface area contributed by atoms with Crippen molar-refractivity contribution in [2.75, 3.05) is 13.2 Å². The van der Waals surface area contributed by atoms with Crippen LogP contribution in [0, 0.1) is 0 Å². The molecule has 0 saturated carbocycles. The van der Waals surface area contributed by atoms with Gasteiger partial charge in [-0.2, -0.15) is 0 Å². The lowest BCUT2D eigenvalue weighted by Crippen LogP contribution is -2.18. The zero-order valence-corrected chi connectivity index (χ0v) is 4.84. The van der Waals surface area contributed by atoms with Crippen LogP contribution in [0.1, 0.15) is 19.3 Å². The summed E-state index contributed by atoms with van der Waals surface area (Å²) in [5, 5.41) is 9.62. The zero-order chi connectivity index (χ0) is 5.82. The summed E-state index contributed by atoms with van der Waals surface area (Å²) in [6.07, 6.45) is 3.27. The van der Waals surface area contributed by atoms with Crippen LogP contribution in [0.3, 0.4) is 0 Å². The quantitative estimate of drug-likeness (QED) is 0.509. The van der Waals surface area contributed by atoms with E-state index in [1.807, 2.05) is 0 Å². The molecule has 0 amide bonds. The van der Waals surface area contributed by atoms with Crippen molar-refractivity contribution >= 4 is 0 Å². The van der Waals surface area contributed by atoms with Crippen molar-refractivity contribution in [3.63, 3.8) is 0 Å². The number of hydroxylamine groups is 2. The lowest BCUT2D eigenvalue weighted by molar-refractivity contribution is -0.335. The summed E-state index contributed by atoms with van der Waals surface area (Å²) in [5.41, 5.74) is 0. The summed E-state index contributed by atoms with van der Waals surface area (Å²) in [7, 11) is 0. The van der Waals surface area contributed by atoms with Crippen molar-refractivity contribution in [3.8, 4) is 0 Å². The Morgan fingerprint density at radius 2 is 2.12 bits per heavy atom. The van der Waals surface area contributed by atoms with Gasteiger partial charge >= 0.3 is 0 Å². The summed E-state index contributed by atoms with van der Waals surface area (Å²) in [6, 6.07) is 0. The van der Waals surface area contributed by atoms with Gasteiger partial charge in [0.1, 0.15) is 0 Å². The molecule has 1 saturated heterocycles. The molecule has 0 aromatic heterocycles. The van der Waals surface area contributed by atoms with Crippen LogP contribution in [0.5, 0.6) is 0 Å². The Balaban J connectivity index is 2.17. The number of nitrogens with zero attached hydrogens (tertiary/aromatic N) is 1. The van der Waals surface area contributed by atoms with E-state index in [2.05, 4.69) is 0 Å². The second-order valence-corrected chi connectivity index (χ2v) is 1.97. The molecule has 1 N–H and O–H groups in total. The first kappa shape index (κ1) is 6.01. The minimum atomic E-state index is 0.653. The lowest BCUT2D eigenvalue weighted by Gasteiger charge is -2.08. The van der Waals surface area contributed by atoms with Crippen LogP contribution in [-0.4, -0.2) is 23.6 Å². The summed E-state index contributed by atoms with van der Waals surface area (Å²) < 4.78 is 0. The highest BCUT2D eigenvalue weighted by Gasteiger charge is 2.03. The van der Waals surface area contributed by atoms with E-state index >= 15 is 0 Å². The Kier molecular flexibility index (Phi) is 2.27. The Morgan fingerprint density at radius 3 is 3.00 bits per heavy atom. The molecule has 1 aliphatic rings. The third kappa shape index (κ3) is 1.78. The molecule has 0 atom stereocenters. The average Bonchev–Trinajstić information content (AvgIpc) is 1.94. The van der Waals surface area contributed by atoms with Crippen LogP contribution in [0.25, 0.3) is 0 Å². The van der Waals surface area contributed by atoms with Crippen molar-refractivity contribution in [1.29, 1.82) is 0 Å². The van der Waals surface area contributed by atoms with Gasteiger partial charge in [-0.3, -0.25) is 10.0 Å². The fraction of sp³-hybridized carbons (Fsp3) is 1.00. The van der Waals surface area contributed by atoms with Gasteiger partial charge in [0.2, 0.25) is 0 Å². The van der Waals surface area contributed by atoms with E-state index in [0.29, 0.717) is 13.2 Å². The fourth-order valence-corrected chi connectivity index (χ4v) is 0.760. The van der Waals surface area contributed by atoms with Crippen LogP contribution in [-0.2, 0) is 4.84 Å². The smallest absolute Gasteiger partial charge is 0.0711 e. The minimum Gasteiger partial charge on any atom is -0.290 e. The largest absolute Gasteiger partial charge is 0.290 e. The molecule has 8 heavy (non-hydrogen) atoms. The van der Waals surface area contributed by atoms with Crippen LogP contribution in [0.15, 0.2) is 0 Å². The molecule has 1 heterocycles. The third-order valence-corrected chi connectivity index (χ3v) is 1.23. The van der Waals surface area contributed by atoms with Crippen molar-refractivity contribution < 1.29 is 10.0 Å². The summed E-state index contributed by atoms with van der Waals surface area (Å²) >= 11 is 0. The molecule has 1 rings (SSSR count). The molecule has 0 radical (unpaired) electrons. The van der Waals surface area contributed by atoms with Gasteiger partial charge in [0, 0.05) is 0 Å². The van der Waals surface area contributed by atoms with Gasteiger partial charge in [0.05, 0.1) is 13.2 Å². The number of rotatable bonds is 0. The van der Waals surface area contributed by atoms with Gasteiger partial charge in [0.15, 0.2) is 0 Å². The first-order valence-corrected chi connectivity index (χ1v) is 2.99. The van der Waals surface area contributed by atoms with E-state index in [1.54, 1.807) is 0 Å². The van der Waals surface area contributed by atoms with Gasteiger partial charge in [0.25, 0.3) is 0 Å². The molecule has 48 valence electrons. The molecule has 0 unspecified atom stereocenters. The van der Waals surface area contributed by atoms with Crippen molar-refractivity contribution in [2.45, 2.75) is 19.3 Å². The molecule has 3 nitrogen and oxygen atoms in total. The topological polar surface area (TPSA) is 32.7 Å². The number of hydrogen-bond acceptors (Lipinski definition) is 3. The molecule has 3 heteroatoms. The molecular weight excluding hydrogens is 106 g/mol. The Morgan fingerprint density at radius 1 is 1.25 bits per heavy atom. The minimum absolute atomic E-state index is 0.653. The van der Waals surface area contributed by atoms with Crippen LogP contribution in [0.2, 0.25) is 0 Å². The molecule has 1 aliphatic heterocycles. The monoisotopic (exact) mass is 117 g/mol. The lowest BCUT2D eigenvalue weighted by atomic mass is 10.2. The molecule has 0 aromatic carbocycles. The maximum atomic E-state index is 8.70. The normalized spacial score (nSPS) is 25.1. The summed E-state index contributed by atoms with van der Waals surface area (Å²) in [6.45, 7) is 1.32. The third-order valence-electron chi connectivity index (χ3n) is 1.23. The molecule has 0 spiro atoms. The summed E-state index contributed by atoms with van der Waals surface area (Å²) in [4.78, 5) is 4.79. The molecule has 0 bridgehead atoms. The molecular formula is C5H11NO2. The highest BCUT2D eigenvalue weighted by molar-refractivity contribution is 4.44. The number of hydrogen-bond donors (Lipinski definition) is 1. The second-order valence-electron chi connectivity index (χ2n) is 1.97. The van der Waals surface area contributed by atoms with Crippen LogP contribution < -0.4 is 0 Å². The predicted octanol–water partition coefficient (Wildman–Crippen LogP) is 0.793. The standard InChI is InChI=1S/C5H11NO2/c7-6-4-2-1-3-5-8-6/h7H,1-5H2. The Hall–Kier alpha value is -0.120. The molecule has 0 aliphatic carbocycles. The predicted molar refractivity (Wildman–Crippen MR) is 28.3 cm³/mol. The summed E-state index contributed by atoms with van der Waals surface area (Å²) in [5.74, 6) is 0. The zero-order valence-electron chi connectivity index (χ0n) is 4.84. The molecule has 1 fully saturated rings. The van der Waals surface area contributed by atoms with Crippen LogP contribution >= 0.6 is 0 Å². The second kappa shape index (κ2) is 3.02. The van der Waals surface area contributed by atoms with Gasteiger partial charge < -0.3 is 0 Å². The van der Waals surface area contributed by atoms with E-state index in [4.69, 9.17) is 10.0 Å². The highest BCUT2D eigenvalue weighted by atomic mass is 16.9. The van der Waals surface area contributed by atoms with E-state index < -0.39 is 0 Å². The Labute approximate surface area is 48.8 Å². The van der Waals surface area contributed by atoms with E-state index in [-0.39, 0.29) is 0 Å². The first-order chi connectivity index (χ1) is 3.89. The van der Waals surface area contributed by atoms with E-state index in [1.165, 1.54) is 0 Å². The van der Waals surface area contributed by atoms with Gasteiger partial charge in [-0.25, -0.2) is 0 Å². The van der Waals surface area contributed by atoms with Crippen molar-refractivity contribution in [3.05, 3.63) is 0 Å². The highest BCUT2D eigenvalue weighted by Crippen LogP contribution is 2.03.